The fourth-order valence-corrected chi connectivity index (χ4v) is 3.01. The van der Waals surface area contributed by atoms with Crippen LogP contribution in [-0.2, 0) is 0 Å². The first-order valence-corrected chi connectivity index (χ1v) is 6.94. The highest BCUT2D eigenvalue weighted by Gasteiger charge is 2.14. The van der Waals surface area contributed by atoms with Crippen LogP contribution in [0.1, 0.15) is 13.3 Å². The van der Waals surface area contributed by atoms with Crippen molar-refractivity contribution in [1.82, 2.24) is 4.98 Å². The summed E-state index contributed by atoms with van der Waals surface area (Å²) in [7, 11) is 0. The third kappa shape index (κ3) is 3.30. The molecule has 88 valence electrons. The monoisotopic (exact) mass is 238 g/mol. The molecular weight excluding hydrogens is 220 g/mol. The molecule has 1 atom stereocenters. The molecular formula is C12H18N2OS. The smallest absolute Gasteiger partial charge is 0.213 e. The maximum atomic E-state index is 5.30. The van der Waals surface area contributed by atoms with E-state index in [-0.39, 0.29) is 0 Å². The van der Waals surface area contributed by atoms with Gasteiger partial charge >= 0.3 is 0 Å². The standard InChI is InChI=1S/C12H18N2OS/c1-2-15-12-4-3-11(8-14-12)13-7-10-5-6-16-9-10/h3-4,8,10,13H,2,5-7,9H2,1H3. The molecule has 0 bridgehead atoms. The van der Waals surface area contributed by atoms with Crippen molar-refractivity contribution in [3.8, 4) is 5.88 Å². The molecule has 2 rings (SSSR count). The number of anilines is 1. The third-order valence-corrected chi connectivity index (χ3v) is 3.88. The minimum Gasteiger partial charge on any atom is -0.478 e. The van der Waals surface area contributed by atoms with Gasteiger partial charge in [-0.25, -0.2) is 4.98 Å². The van der Waals surface area contributed by atoms with Crippen LogP contribution < -0.4 is 10.1 Å². The minimum atomic E-state index is 0.666. The summed E-state index contributed by atoms with van der Waals surface area (Å²) in [5.74, 6) is 4.12. The molecule has 0 amide bonds. The van der Waals surface area contributed by atoms with Gasteiger partial charge in [0.15, 0.2) is 0 Å². The van der Waals surface area contributed by atoms with E-state index in [1.165, 1.54) is 17.9 Å². The summed E-state index contributed by atoms with van der Waals surface area (Å²) in [5, 5.41) is 3.42. The van der Waals surface area contributed by atoms with Crippen molar-refractivity contribution >= 4 is 17.4 Å². The van der Waals surface area contributed by atoms with Crippen LogP contribution in [0.25, 0.3) is 0 Å². The lowest BCUT2D eigenvalue weighted by Gasteiger charge is -2.11. The molecule has 0 radical (unpaired) electrons. The molecule has 0 aromatic carbocycles. The van der Waals surface area contributed by atoms with Crippen molar-refractivity contribution in [2.45, 2.75) is 13.3 Å². The van der Waals surface area contributed by atoms with Gasteiger partial charge in [0.2, 0.25) is 5.88 Å². The minimum absolute atomic E-state index is 0.666. The highest BCUT2D eigenvalue weighted by molar-refractivity contribution is 7.99. The Hall–Kier alpha value is -0.900. The highest BCUT2D eigenvalue weighted by atomic mass is 32.2. The Morgan fingerprint density at radius 2 is 2.50 bits per heavy atom. The molecule has 1 aliphatic rings. The zero-order chi connectivity index (χ0) is 11.2. The maximum Gasteiger partial charge on any atom is 0.213 e. The Kier molecular flexibility index (Phi) is 4.34. The summed E-state index contributed by atoms with van der Waals surface area (Å²) in [6, 6.07) is 3.94. The number of hydrogen-bond acceptors (Lipinski definition) is 4. The van der Waals surface area contributed by atoms with Crippen molar-refractivity contribution < 1.29 is 4.74 Å². The van der Waals surface area contributed by atoms with Crippen LogP contribution in [0.2, 0.25) is 0 Å². The Morgan fingerprint density at radius 1 is 1.56 bits per heavy atom. The number of aromatic nitrogens is 1. The number of nitrogens with one attached hydrogen (secondary N) is 1. The molecule has 1 unspecified atom stereocenters. The van der Waals surface area contributed by atoms with E-state index in [9.17, 15) is 0 Å². The fourth-order valence-electron chi connectivity index (χ4n) is 1.72. The topological polar surface area (TPSA) is 34.1 Å². The van der Waals surface area contributed by atoms with Crippen LogP contribution in [0, 0.1) is 5.92 Å². The average Bonchev–Trinajstić information content (AvgIpc) is 2.82. The third-order valence-electron chi connectivity index (χ3n) is 2.65. The first kappa shape index (κ1) is 11.6. The second kappa shape index (κ2) is 5.99. The van der Waals surface area contributed by atoms with E-state index in [1.54, 1.807) is 0 Å². The number of hydrogen-bond donors (Lipinski definition) is 1. The molecule has 0 aliphatic carbocycles. The summed E-state index contributed by atoms with van der Waals surface area (Å²) in [6.45, 7) is 3.69. The first-order chi connectivity index (χ1) is 7.88. The second-order valence-corrected chi connectivity index (χ2v) is 5.08. The number of rotatable bonds is 5. The summed E-state index contributed by atoms with van der Waals surface area (Å²) in [6.07, 6.45) is 3.18. The van der Waals surface area contributed by atoms with E-state index in [2.05, 4.69) is 22.1 Å². The Balaban J connectivity index is 1.80. The largest absolute Gasteiger partial charge is 0.478 e. The van der Waals surface area contributed by atoms with Gasteiger partial charge in [-0.3, -0.25) is 0 Å². The Bertz CT molecular complexity index is 309. The van der Waals surface area contributed by atoms with Gasteiger partial charge in [-0.1, -0.05) is 0 Å². The summed E-state index contributed by atoms with van der Waals surface area (Å²) < 4.78 is 5.30. The van der Waals surface area contributed by atoms with Gasteiger partial charge in [0.05, 0.1) is 18.5 Å². The predicted octanol–water partition coefficient (Wildman–Crippen LogP) is 2.65. The zero-order valence-corrected chi connectivity index (χ0v) is 10.4. The lowest BCUT2D eigenvalue weighted by atomic mass is 10.1. The molecule has 2 heterocycles. The van der Waals surface area contributed by atoms with E-state index in [0.717, 1.165) is 18.2 Å². The van der Waals surface area contributed by atoms with E-state index in [4.69, 9.17) is 4.74 Å². The quantitative estimate of drug-likeness (QED) is 0.855. The number of nitrogens with zero attached hydrogens (tertiary/aromatic N) is 1. The lowest BCUT2D eigenvalue weighted by molar-refractivity contribution is 0.327. The molecule has 16 heavy (non-hydrogen) atoms. The number of ether oxygens (including phenoxy) is 1. The van der Waals surface area contributed by atoms with Crippen LogP contribution in [-0.4, -0.2) is 29.6 Å². The van der Waals surface area contributed by atoms with E-state index >= 15 is 0 Å². The van der Waals surface area contributed by atoms with Crippen molar-refractivity contribution in [2.75, 3.05) is 30.0 Å². The van der Waals surface area contributed by atoms with E-state index in [1.807, 2.05) is 25.3 Å². The summed E-state index contributed by atoms with van der Waals surface area (Å²) >= 11 is 2.05. The van der Waals surface area contributed by atoms with E-state index in [0.29, 0.717) is 12.5 Å². The SMILES string of the molecule is CCOc1ccc(NCC2CCSC2)cn1. The lowest BCUT2D eigenvalue weighted by Crippen LogP contribution is -2.13. The molecule has 1 aromatic rings. The normalized spacial score (nSPS) is 19.7. The zero-order valence-electron chi connectivity index (χ0n) is 9.61. The van der Waals surface area contributed by atoms with Crippen LogP contribution >= 0.6 is 11.8 Å². The van der Waals surface area contributed by atoms with Gasteiger partial charge in [0.25, 0.3) is 0 Å². The van der Waals surface area contributed by atoms with Crippen LogP contribution in [0.3, 0.4) is 0 Å². The second-order valence-electron chi connectivity index (χ2n) is 3.93. The summed E-state index contributed by atoms with van der Waals surface area (Å²) in [5.41, 5.74) is 1.08. The van der Waals surface area contributed by atoms with Crippen molar-refractivity contribution in [2.24, 2.45) is 5.92 Å². The van der Waals surface area contributed by atoms with Crippen molar-refractivity contribution in [3.05, 3.63) is 18.3 Å². The molecule has 1 saturated heterocycles. The van der Waals surface area contributed by atoms with Gasteiger partial charge in [-0.2, -0.15) is 11.8 Å². The molecule has 1 aliphatic heterocycles. The van der Waals surface area contributed by atoms with Crippen molar-refractivity contribution in [1.29, 1.82) is 0 Å². The van der Waals surface area contributed by atoms with Gasteiger partial charge in [-0.15, -0.1) is 0 Å². The van der Waals surface area contributed by atoms with Crippen LogP contribution in [0.15, 0.2) is 18.3 Å². The molecule has 1 aromatic heterocycles. The van der Waals surface area contributed by atoms with Gasteiger partial charge in [0, 0.05) is 12.6 Å². The summed E-state index contributed by atoms with van der Waals surface area (Å²) in [4.78, 5) is 4.22. The highest BCUT2D eigenvalue weighted by Crippen LogP contribution is 2.23. The van der Waals surface area contributed by atoms with Gasteiger partial charge in [-0.05, 0) is 36.8 Å². The number of pyridine rings is 1. The maximum absolute atomic E-state index is 5.30. The first-order valence-electron chi connectivity index (χ1n) is 5.79. The molecule has 4 heteroatoms. The molecule has 3 nitrogen and oxygen atoms in total. The molecule has 0 saturated carbocycles. The molecule has 1 N–H and O–H groups in total. The van der Waals surface area contributed by atoms with Crippen molar-refractivity contribution in [3.63, 3.8) is 0 Å². The average molecular weight is 238 g/mol. The van der Waals surface area contributed by atoms with Crippen LogP contribution in [0.4, 0.5) is 5.69 Å². The predicted molar refractivity (Wildman–Crippen MR) is 69.3 cm³/mol. The van der Waals surface area contributed by atoms with Gasteiger partial charge in [0.1, 0.15) is 0 Å². The Labute approximate surface area is 101 Å². The Morgan fingerprint density at radius 3 is 3.12 bits per heavy atom. The van der Waals surface area contributed by atoms with E-state index < -0.39 is 0 Å². The molecule has 0 spiro atoms. The fraction of sp³-hybridized carbons (Fsp3) is 0.583. The molecule has 1 fully saturated rings. The van der Waals surface area contributed by atoms with Gasteiger partial charge < -0.3 is 10.1 Å². The number of thioether (sulfide) groups is 1. The van der Waals surface area contributed by atoms with Crippen LogP contribution in [0.5, 0.6) is 5.88 Å².